The highest BCUT2D eigenvalue weighted by molar-refractivity contribution is 6.00. The van der Waals surface area contributed by atoms with Crippen molar-refractivity contribution < 1.29 is 14.3 Å². The van der Waals surface area contributed by atoms with Crippen molar-refractivity contribution in [2.75, 3.05) is 30.3 Å². The lowest BCUT2D eigenvalue weighted by atomic mass is 9.96. The van der Waals surface area contributed by atoms with E-state index in [2.05, 4.69) is 27.7 Å². The van der Waals surface area contributed by atoms with Crippen LogP contribution in [0.5, 0.6) is 5.75 Å². The molecule has 140 valence electrons. The van der Waals surface area contributed by atoms with Gasteiger partial charge in [0.2, 0.25) is 5.91 Å². The van der Waals surface area contributed by atoms with E-state index in [1.54, 1.807) is 18.2 Å². The van der Waals surface area contributed by atoms with Gasteiger partial charge in [-0.05, 0) is 37.1 Å². The summed E-state index contributed by atoms with van der Waals surface area (Å²) in [7, 11) is 0. The second-order valence-electron chi connectivity index (χ2n) is 7.07. The minimum atomic E-state index is -0.185. The fraction of sp³-hybridized carbons (Fsp3) is 0.333. The quantitative estimate of drug-likeness (QED) is 0.874. The number of para-hydroxylation sites is 1. The number of rotatable bonds is 4. The van der Waals surface area contributed by atoms with Crippen molar-refractivity contribution in [3.63, 3.8) is 0 Å². The molecule has 2 aliphatic heterocycles. The summed E-state index contributed by atoms with van der Waals surface area (Å²) < 4.78 is 5.52. The smallest absolute Gasteiger partial charge is 0.262 e. The summed E-state index contributed by atoms with van der Waals surface area (Å²) >= 11 is 0. The summed E-state index contributed by atoms with van der Waals surface area (Å²) in [6.45, 7) is 2.58. The van der Waals surface area contributed by atoms with Crippen LogP contribution >= 0.6 is 0 Å². The Morgan fingerprint density at radius 3 is 2.89 bits per heavy atom. The molecule has 2 aromatic carbocycles. The highest BCUT2D eigenvalue weighted by Crippen LogP contribution is 2.36. The number of hydrogen-bond acceptors (Lipinski definition) is 4. The number of fused-ring (bicyclic) bond motifs is 1. The standard InChI is InChI=1S/C21H23N3O3/c25-19-14-27-20-17(22-19)9-4-10-18(20)23-21(26)16-8-5-11-24(13-16)12-15-6-2-1-3-7-15/h1-4,6-7,9-10,16H,5,8,11-14H2,(H,22,25)(H,23,26). The zero-order chi connectivity index (χ0) is 18.6. The minimum Gasteiger partial charge on any atom is -0.479 e. The third-order valence-corrected chi connectivity index (χ3v) is 5.02. The van der Waals surface area contributed by atoms with E-state index in [0.29, 0.717) is 17.1 Å². The van der Waals surface area contributed by atoms with Crippen LogP contribution < -0.4 is 15.4 Å². The number of likely N-dealkylation sites (tertiary alicyclic amines) is 1. The molecule has 0 radical (unpaired) electrons. The first kappa shape index (κ1) is 17.5. The summed E-state index contributed by atoms with van der Waals surface area (Å²) in [6, 6.07) is 15.7. The molecule has 1 unspecified atom stereocenters. The lowest BCUT2D eigenvalue weighted by Gasteiger charge is -2.32. The second-order valence-corrected chi connectivity index (χ2v) is 7.07. The molecule has 0 bridgehead atoms. The predicted molar refractivity (Wildman–Crippen MR) is 104 cm³/mol. The molecular weight excluding hydrogens is 342 g/mol. The topological polar surface area (TPSA) is 70.7 Å². The Morgan fingerprint density at radius 2 is 2.04 bits per heavy atom. The van der Waals surface area contributed by atoms with Crippen molar-refractivity contribution >= 4 is 23.2 Å². The number of piperidine rings is 1. The van der Waals surface area contributed by atoms with Gasteiger partial charge in [-0.1, -0.05) is 36.4 Å². The van der Waals surface area contributed by atoms with Crippen molar-refractivity contribution in [1.82, 2.24) is 4.90 Å². The third-order valence-electron chi connectivity index (χ3n) is 5.02. The molecule has 2 aliphatic rings. The molecule has 4 rings (SSSR count). The van der Waals surface area contributed by atoms with Crippen molar-refractivity contribution in [2.45, 2.75) is 19.4 Å². The van der Waals surface area contributed by atoms with Crippen LogP contribution in [0.15, 0.2) is 48.5 Å². The van der Waals surface area contributed by atoms with Crippen LogP contribution in [0.2, 0.25) is 0 Å². The van der Waals surface area contributed by atoms with E-state index in [9.17, 15) is 9.59 Å². The Hall–Kier alpha value is -2.86. The number of hydrogen-bond donors (Lipinski definition) is 2. The molecular formula is C21H23N3O3. The van der Waals surface area contributed by atoms with E-state index >= 15 is 0 Å². The SMILES string of the molecule is O=C1COc2c(cccc2NC(=O)C2CCCN(Cc3ccccc3)C2)N1. The molecule has 1 fully saturated rings. The van der Waals surface area contributed by atoms with Crippen LogP contribution in [0, 0.1) is 5.92 Å². The van der Waals surface area contributed by atoms with E-state index < -0.39 is 0 Å². The molecule has 6 nitrogen and oxygen atoms in total. The number of amides is 2. The van der Waals surface area contributed by atoms with Gasteiger partial charge in [0.25, 0.3) is 5.91 Å². The summed E-state index contributed by atoms with van der Waals surface area (Å²) in [5.41, 5.74) is 2.47. The van der Waals surface area contributed by atoms with Gasteiger partial charge in [-0.3, -0.25) is 14.5 Å². The highest BCUT2D eigenvalue weighted by Gasteiger charge is 2.27. The number of carbonyl (C=O) groups excluding carboxylic acids is 2. The summed E-state index contributed by atoms with van der Waals surface area (Å²) in [5, 5.41) is 5.76. The molecule has 6 heteroatoms. The predicted octanol–water partition coefficient (Wildman–Crippen LogP) is 2.87. The first-order chi connectivity index (χ1) is 13.2. The molecule has 1 saturated heterocycles. The Labute approximate surface area is 158 Å². The maximum absolute atomic E-state index is 12.8. The number of ether oxygens (including phenoxy) is 1. The molecule has 0 aromatic heterocycles. The molecule has 0 spiro atoms. The average molecular weight is 365 g/mol. The number of nitrogens with zero attached hydrogens (tertiary/aromatic N) is 1. The summed E-state index contributed by atoms with van der Waals surface area (Å²) in [4.78, 5) is 26.6. The second kappa shape index (κ2) is 7.80. The van der Waals surface area contributed by atoms with Crippen molar-refractivity contribution in [3.8, 4) is 5.75 Å². The van der Waals surface area contributed by atoms with Gasteiger partial charge in [0, 0.05) is 13.1 Å². The Bertz CT molecular complexity index is 838. The molecule has 0 aliphatic carbocycles. The number of benzene rings is 2. The maximum atomic E-state index is 12.8. The molecule has 0 saturated carbocycles. The van der Waals surface area contributed by atoms with E-state index in [-0.39, 0.29) is 24.3 Å². The molecule has 2 aromatic rings. The van der Waals surface area contributed by atoms with E-state index in [1.807, 2.05) is 18.2 Å². The summed E-state index contributed by atoms with van der Waals surface area (Å²) in [6.07, 6.45) is 1.88. The van der Waals surface area contributed by atoms with Crippen molar-refractivity contribution in [2.24, 2.45) is 5.92 Å². The maximum Gasteiger partial charge on any atom is 0.262 e. The molecule has 27 heavy (non-hydrogen) atoms. The van der Waals surface area contributed by atoms with Crippen LogP contribution in [0.3, 0.4) is 0 Å². The van der Waals surface area contributed by atoms with Gasteiger partial charge >= 0.3 is 0 Å². The van der Waals surface area contributed by atoms with Gasteiger partial charge in [-0.2, -0.15) is 0 Å². The first-order valence-corrected chi connectivity index (χ1v) is 9.32. The zero-order valence-electron chi connectivity index (χ0n) is 15.1. The monoisotopic (exact) mass is 365 g/mol. The van der Waals surface area contributed by atoms with Gasteiger partial charge in [-0.25, -0.2) is 0 Å². The number of nitrogens with one attached hydrogen (secondary N) is 2. The van der Waals surface area contributed by atoms with Gasteiger partial charge in [0.1, 0.15) is 0 Å². The van der Waals surface area contributed by atoms with Crippen LogP contribution in [0.25, 0.3) is 0 Å². The average Bonchev–Trinajstić information content (AvgIpc) is 2.69. The normalized spacial score (nSPS) is 19.6. The van der Waals surface area contributed by atoms with Crippen LogP contribution in [0.4, 0.5) is 11.4 Å². The largest absolute Gasteiger partial charge is 0.479 e. The van der Waals surface area contributed by atoms with E-state index in [4.69, 9.17) is 4.74 Å². The lowest BCUT2D eigenvalue weighted by molar-refractivity contribution is -0.121. The Kier molecular flexibility index (Phi) is 5.07. The van der Waals surface area contributed by atoms with E-state index in [1.165, 1.54) is 5.56 Å². The molecule has 2 N–H and O–H groups in total. The van der Waals surface area contributed by atoms with Gasteiger partial charge < -0.3 is 15.4 Å². The first-order valence-electron chi connectivity index (χ1n) is 9.32. The van der Waals surface area contributed by atoms with Crippen molar-refractivity contribution in [3.05, 3.63) is 54.1 Å². The summed E-state index contributed by atoms with van der Waals surface area (Å²) in [5.74, 6) is 0.287. The van der Waals surface area contributed by atoms with Crippen molar-refractivity contribution in [1.29, 1.82) is 0 Å². The number of carbonyl (C=O) groups is 2. The van der Waals surface area contributed by atoms with Gasteiger partial charge in [-0.15, -0.1) is 0 Å². The minimum absolute atomic E-state index is 0.00154. The Balaban J connectivity index is 1.41. The molecule has 1 atom stereocenters. The highest BCUT2D eigenvalue weighted by atomic mass is 16.5. The fourth-order valence-corrected chi connectivity index (χ4v) is 3.70. The molecule has 2 amide bonds. The van der Waals surface area contributed by atoms with Gasteiger partial charge in [0.15, 0.2) is 12.4 Å². The number of anilines is 2. The van der Waals surface area contributed by atoms with Crippen LogP contribution in [-0.4, -0.2) is 36.4 Å². The van der Waals surface area contributed by atoms with Gasteiger partial charge in [0.05, 0.1) is 17.3 Å². The lowest BCUT2D eigenvalue weighted by Crippen LogP contribution is -2.40. The Morgan fingerprint density at radius 1 is 1.19 bits per heavy atom. The zero-order valence-corrected chi connectivity index (χ0v) is 15.1. The molecule has 2 heterocycles. The van der Waals surface area contributed by atoms with Crippen LogP contribution in [-0.2, 0) is 16.1 Å². The fourth-order valence-electron chi connectivity index (χ4n) is 3.70. The van der Waals surface area contributed by atoms with Crippen LogP contribution in [0.1, 0.15) is 18.4 Å². The van der Waals surface area contributed by atoms with E-state index in [0.717, 1.165) is 32.5 Å². The third kappa shape index (κ3) is 4.11.